The molecule has 15 heavy (non-hydrogen) atoms. The first kappa shape index (κ1) is 11.5. The van der Waals surface area contributed by atoms with Crippen molar-refractivity contribution in [2.45, 2.75) is 27.2 Å². The summed E-state index contributed by atoms with van der Waals surface area (Å²) in [7, 11) is 0. The van der Waals surface area contributed by atoms with Gasteiger partial charge in [-0.15, -0.1) is 0 Å². The molecular formula is C13H15NO. The van der Waals surface area contributed by atoms with E-state index in [1.54, 1.807) is 6.07 Å². The first-order valence-electron chi connectivity index (χ1n) is 4.94. The van der Waals surface area contributed by atoms with Crippen LogP contribution in [0, 0.1) is 12.0 Å². The van der Waals surface area contributed by atoms with Crippen molar-refractivity contribution >= 4 is 11.5 Å². The van der Waals surface area contributed by atoms with Crippen LogP contribution in [-0.2, 0) is 11.2 Å². The Balaban J connectivity index is 2.92. The number of rotatable bonds is 2. The Morgan fingerprint density at radius 1 is 1.33 bits per heavy atom. The smallest absolute Gasteiger partial charge is 0.190 e. The van der Waals surface area contributed by atoms with Gasteiger partial charge in [0, 0.05) is 11.8 Å². The van der Waals surface area contributed by atoms with Gasteiger partial charge >= 0.3 is 0 Å². The van der Waals surface area contributed by atoms with Crippen LogP contribution in [0.2, 0.25) is 0 Å². The average molecular weight is 201 g/mol. The minimum Gasteiger partial charge on any atom is -0.299 e. The lowest BCUT2D eigenvalue weighted by atomic mass is 9.87. The number of hydrogen-bond donors (Lipinski definition) is 0. The van der Waals surface area contributed by atoms with E-state index in [1.807, 2.05) is 39.0 Å². The summed E-state index contributed by atoms with van der Waals surface area (Å²) in [5.74, 6) is 0.165. The van der Waals surface area contributed by atoms with Gasteiger partial charge < -0.3 is 0 Å². The largest absolute Gasteiger partial charge is 0.299 e. The Kier molecular flexibility index (Phi) is 3.26. The summed E-state index contributed by atoms with van der Waals surface area (Å²) in [6, 6.07) is 7.27. The quantitative estimate of drug-likeness (QED) is 0.672. The van der Waals surface area contributed by atoms with Crippen molar-refractivity contribution in [1.82, 2.24) is 0 Å². The second-order valence-electron chi connectivity index (χ2n) is 4.59. The van der Waals surface area contributed by atoms with Crippen LogP contribution < -0.4 is 0 Å². The van der Waals surface area contributed by atoms with Crippen molar-refractivity contribution in [1.29, 1.82) is 0 Å². The minimum atomic E-state index is -0.338. The molecule has 1 rings (SSSR count). The highest BCUT2D eigenvalue weighted by Crippen LogP contribution is 2.23. The second-order valence-corrected chi connectivity index (χ2v) is 4.59. The maximum Gasteiger partial charge on any atom is 0.190 e. The molecule has 0 aliphatic carbocycles. The summed E-state index contributed by atoms with van der Waals surface area (Å²) < 4.78 is 0. The van der Waals surface area contributed by atoms with Gasteiger partial charge in [0.25, 0.3) is 0 Å². The van der Waals surface area contributed by atoms with E-state index in [0.717, 1.165) is 5.56 Å². The summed E-state index contributed by atoms with van der Waals surface area (Å²) in [6.07, 6.45) is 0.349. The molecule has 0 bridgehead atoms. The number of para-hydroxylation sites is 1. The molecular weight excluding hydrogens is 186 g/mol. The van der Waals surface area contributed by atoms with Gasteiger partial charge in [0.1, 0.15) is 5.78 Å². The van der Waals surface area contributed by atoms with Crippen molar-refractivity contribution in [3.63, 3.8) is 0 Å². The molecule has 0 amide bonds. The standard InChI is InChI=1S/C13H15NO/c1-13(2,3)12(15)9-10-7-5-6-8-11(10)14-4/h5-8H,9H2,1-3H3. The molecule has 0 aliphatic rings. The summed E-state index contributed by atoms with van der Waals surface area (Å²) in [5.41, 5.74) is 1.07. The summed E-state index contributed by atoms with van der Waals surface area (Å²) in [6.45, 7) is 12.7. The number of hydrogen-bond acceptors (Lipinski definition) is 1. The predicted molar refractivity (Wildman–Crippen MR) is 60.9 cm³/mol. The van der Waals surface area contributed by atoms with E-state index in [9.17, 15) is 4.79 Å². The van der Waals surface area contributed by atoms with Crippen LogP contribution in [0.15, 0.2) is 24.3 Å². The van der Waals surface area contributed by atoms with Gasteiger partial charge in [0.05, 0.1) is 6.57 Å². The van der Waals surface area contributed by atoms with Crippen molar-refractivity contribution in [3.8, 4) is 0 Å². The van der Waals surface area contributed by atoms with Crippen LogP contribution in [0.5, 0.6) is 0 Å². The third kappa shape index (κ3) is 2.92. The number of Topliss-reactive ketones (excluding diaryl/α,β-unsaturated/α-hetero) is 1. The zero-order valence-corrected chi connectivity index (χ0v) is 9.37. The van der Waals surface area contributed by atoms with Gasteiger partial charge in [-0.1, -0.05) is 45.0 Å². The van der Waals surface area contributed by atoms with Gasteiger partial charge in [-0.3, -0.25) is 4.79 Å². The van der Waals surface area contributed by atoms with Gasteiger partial charge in [0.15, 0.2) is 5.69 Å². The number of carbonyl (C=O) groups is 1. The van der Waals surface area contributed by atoms with E-state index in [4.69, 9.17) is 6.57 Å². The monoisotopic (exact) mass is 201 g/mol. The lowest BCUT2D eigenvalue weighted by Gasteiger charge is -2.16. The first-order chi connectivity index (χ1) is 6.95. The van der Waals surface area contributed by atoms with Crippen molar-refractivity contribution in [2.75, 3.05) is 0 Å². The van der Waals surface area contributed by atoms with Crippen molar-refractivity contribution < 1.29 is 4.79 Å². The highest BCUT2D eigenvalue weighted by atomic mass is 16.1. The highest BCUT2D eigenvalue weighted by Gasteiger charge is 2.21. The molecule has 1 aromatic carbocycles. The molecule has 0 atom stereocenters. The maximum absolute atomic E-state index is 11.8. The summed E-state index contributed by atoms with van der Waals surface area (Å²) in [4.78, 5) is 15.2. The molecule has 2 heteroatoms. The fourth-order valence-electron chi connectivity index (χ4n) is 1.21. The minimum absolute atomic E-state index is 0.165. The molecule has 0 fully saturated rings. The highest BCUT2D eigenvalue weighted by molar-refractivity contribution is 5.87. The van der Waals surface area contributed by atoms with Gasteiger partial charge in [-0.05, 0) is 5.56 Å². The van der Waals surface area contributed by atoms with Crippen LogP contribution in [0.3, 0.4) is 0 Å². The lowest BCUT2D eigenvalue weighted by Crippen LogP contribution is -2.22. The molecule has 0 spiro atoms. The van der Waals surface area contributed by atoms with E-state index in [1.165, 1.54) is 0 Å². The number of carbonyl (C=O) groups excluding carboxylic acids is 1. The predicted octanol–water partition coefficient (Wildman–Crippen LogP) is 3.40. The number of nitrogens with zero attached hydrogens (tertiary/aromatic N) is 1. The normalized spacial score (nSPS) is 10.8. The number of benzene rings is 1. The van der Waals surface area contributed by atoms with E-state index in [0.29, 0.717) is 12.1 Å². The molecule has 0 unspecified atom stereocenters. The molecule has 0 aliphatic heterocycles. The third-order valence-electron chi connectivity index (χ3n) is 2.30. The molecule has 0 aromatic heterocycles. The van der Waals surface area contributed by atoms with Gasteiger partial charge in [-0.25, -0.2) is 4.85 Å². The van der Waals surface area contributed by atoms with Crippen LogP contribution in [0.4, 0.5) is 5.69 Å². The Hall–Kier alpha value is -1.62. The maximum atomic E-state index is 11.8. The zero-order valence-electron chi connectivity index (χ0n) is 9.37. The van der Waals surface area contributed by atoms with Crippen molar-refractivity contribution in [2.24, 2.45) is 5.41 Å². The first-order valence-corrected chi connectivity index (χ1v) is 4.94. The topological polar surface area (TPSA) is 21.4 Å². The lowest BCUT2D eigenvalue weighted by molar-refractivity contribution is -0.125. The Bertz CT molecular complexity index is 407. The summed E-state index contributed by atoms with van der Waals surface area (Å²) >= 11 is 0. The Morgan fingerprint density at radius 2 is 1.93 bits per heavy atom. The Labute approximate surface area is 90.8 Å². The molecule has 2 nitrogen and oxygen atoms in total. The van der Waals surface area contributed by atoms with Crippen molar-refractivity contribution in [3.05, 3.63) is 41.2 Å². The van der Waals surface area contributed by atoms with Crippen LogP contribution in [-0.4, -0.2) is 5.78 Å². The number of ketones is 1. The third-order valence-corrected chi connectivity index (χ3v) is 2.30. The molecule has 0 saturated heterocycles. The molecule has 0 radical (unpaired) electrons. The molecule has 1 aromatic rings. The SMILES string of the molecule is [C-]#[N+]c1ccccc1CC(=O)C(C)(C)C. The van der Waals surface area contributed by atoms with E-state index >= 15 is 0 Å². The zero-order chi connectivity index (χ0) is 11.5. The fraction of sp³-hybridized carbons (Fsp3) is 0.385. The second kappa shape index (κ2) is 4.27. The van der Waals surface area contributed by atoms with Crippen LogP contribution >= 0.6 is 0 Å². The molecule has 0 heterocycles. The average Bonchev–Trinajstić information content (AvgIpc) is 2.17. The molecule has 0 saturated carbocycles. The van der Waals surface area contributed by atoms with Crippen LogP contribution in [0.1, 0.15) is 26.3 Å². The van der Waals surface area contributed by atoms with Gasteiger partial charge in [0.2, 0.25) is 0 Å². The fourth-order valence-corrected chi connectivity index (χ4v) is 1.21. The summed E-state index contributed by atoms with van der Waals surface area (Å²) in [5, 5.41) is 0. The van der Waals surface area contributed by atoms with E-state index in [2.05, 4.69) is 4.85 Å². The van der Waals surface area contributed by atoms with Crippen LogP contribution in [0.25, 0.3) is 4.85 Å². The van der Waals surface area contributed by atoms with E-state index < -0.39 is 0 Å². The molecule has 78 valence electrons. The molecule has 0 N–H and O–H groups in total. The van der Waals surface area contributed by atoms with E-state index in [-0.39, 0.29) is 11.2 Å². The van der Waals surface area contributed by atoms with Gasteiger partial charge in [-0.2, -0.15) is 0 Å². The Morgan fingerprint density at radius 3 is 2.47 bits per heavy atom.